The minimum atomic E-state index is -0.976. The number of hydrogen-bond acceptors (Lipinski definition) is 4. The molecule has 1 heterocycles. The van der Waals surface area contributed by atoms with Gasteiger partial charge in [-0.05, 0) is 35.7 Å². The van der Waals surface area contributed by atoms with Crippen LogP contribution in [0, 0.1) is 0 Å². The van der Waals surface area contributed by atoms with E-state index in [4.69, 9.17) is 10.5 Å². The van der Waals surface area contributed by atoms with Crippen molar-refractivity contribution in [3.8, 4) is 0 Å². The molecule has 1 unspecified atom stereocenters. The molecule has 1 aromatic heterocycles. The van der Waals surface area contributed by atoms with Gasteiger partial charge in [-0.2, -0.15) is 11.3 Å². The van der Waals surface area contributed by atoms with Crippen LogP contribution < -0.4 is 5.73 Å². The van der Waals surface area contributed by atoms with E-state index in [0.717, 1.165) is 5.56 Å². The number of esters is 1. The van der Waals surface area contributed by atoms with E-state index in [9.17, 15) is 4.79 Å². The Morgan fingerprint density at radius 3 is 2.79 bits per heavy atom. The first-order valence-electron chi connectivity index (χ1n) is 4.64. The maximum absolute atomic E-state index is 11.7. The molecule has 0 aliphatic rings. The number of ether oxygens (including phenoxy) is 1. The highest BCUT2D eigenvalue weighted by Crippen LogP contribution is 2.25. The number of nitrogens with two attached hydrogens (primary N) is 1. The van der Waals surface area contributed by atoms with Gasteiger partial charge >= 0.3 is 5.97 Å². The molecular formula is C10H15NO2S. The fourth-order valence-electron chi connectivity index (χ4n) is 1.24. The zero-order valence-electron chi connectivity index (χ0n) is 8.45. The fraction of sp³-hybridized carbons (Fsp3) is 0.500. The number of carbonyl (C=O) groups excluding carboxylic acids is 1. The quantitative estimate of drug-likeness (QED) is 0.777. The van der Waals surface area contributed by atoms with E-state index in [1.807, 2.05) is 23.8 Å². The molecule has 0 aliphatic carbocycles. The van der Waals surface area contributed by atoms with Gasteiger partial charge in [0.05, 0.1) is 6.61 Å². The summed E-state index contributed by atoms with van der Waals surface area (Å²) in [7, 11) is 0. The molecule has 2 N–H and O–H groups in total. The molecule has 0 spiro atoms. The Bertz CT molecular complexity index is 297. The highest BCUT2D eigenvalue weighted by molar-refractivity contribution is 7.08. The van der Waals surface area contributed by atoms with Crippen molar-refractivity contribution in [3.63, 3.8) is 0 Å². The van der Waals surface area contributed by atoms with Crippen LogP contribution in [0.5, 0.6) is 0 Å². The van der Waals surface area contributed by atoms with Gasteiger partial charge in [0.25, 0.3) is 0 Å². The third-order valence-corrected chi connectivity index (χ3v) is 2.92. The molecule has 0 saturated heterocycles. The van der Waals surface area contributed by atoms with Crippen LogP contribution >= 0.6 is 11.3 Å². The largest absolute Gasteiger partial charge is 0.464 e. The third-order valence-electron chi connectivity index (χ3n) is 2.23. The Labute approximate surface area is 87.9 Å². The molecule has 0 amide bonds. The van der Waals surface area contributed by atoms with Crippen molar-refractivity contribution in [2.24, 2.45) is 5.73 Å². The van der Waals surface area contributed by atoms with Crippen LogP contribution in [0.3, 0.4) is 0 Å². The van der Waals surface area contributed by atoms with Gasteiger partial charge in [0.15, 0.2) is 0 Å². The molecule has 0 aliphatic heterocycles. The first-order chi connectivity index (χ1) is 6.65. The zero-order valence-corrected chi connectivity index (χ0v) is 9.26. The zero-order chi connectivity index (χ0) is 10.6. The lowest BCUT2D eigenvalue weighted by Gasteiger charge is -2.24. The number of rotatable bonds is 4. The van der Waals surface area contributed by atoms with E-state index in [1.54, 1.807) is 6.92 Å². The first kappa shape index (κ1) is 11.2. The molecule has 14 heavy (non-hydrogen) atoms. The molecule has 0 aromatic carbocycles. The summed E-state index contributed by atoms with van der Waals surface area (Å²) in [5.74, 6) is -0.346. The van der Waals surface area contributed by atoms with E-state index in [0.29, 0.717) is 13.0 Å². The molecule has 3 nitrogen and oxygen atoms in total. The predicted octanol–water partition coefficient (Wildman–Crippen LogP) is 1.88. The van der Waals surface area contributed by atoms with Crippen LogP contribution in [-0.4, -0.2) is 12.6 Å². The molecule has 1 aromatic rings. The van der Waals surface area contributed by atoms with E-state index < -0.39 is 5.54 Å². The van der Waals surface area contributed by atoms with Gasteiger partial charge in [-0.25, -0.2) is 4.79 Å². The fourth-order valence-corrected chi connectivity index (χ4v) is 1.98. The molecule has 0 radical (unpaired) electrons. The second-order valence-electron chi connectivity index (χ2n) is 3.06. The summed E-state index contributed by atoms with van der Waals surface area (Å²) in [6.07, 6.45) is 0.544. The Morgan fingerprint density at radius 2 is 2.36 bits per heavy atom. The Morgan fingerprint density at radius 1 is 1.64 bits per heavy atom. The first-order valence-corrected chi connectivity index (χ1v) is 5.58. The smallest absolute Gasteiger partial charge is 0.330 e. The molecule has 78 valence electrons. The molecule has 1 rings (SSSR count). The molecule has 4 heteroatoms. The lowest BCUT2D eigenvalue weighted by molar-refractivity contribution is -0.150. The van der Waals surface area contributed by atoms with Crippen molar-refractivity contribution >= 4 is 17.3 Å². The van der Waals surface area contributed by atoms with Crippen LogP contribution in [0.15, 0.2) is 16.8 Å². The van der Waals surface area contributed by atoms with Crippen molar-refractivity contribution < 1.29 is 9.53 Å². The second-order valence-corrected chi connectivity index (χ2v) is 3.84. The molecular weight excluding hydrogens is 198 g/mol. The van der Waals surface area contributed by atoms with Crippen molar-refractivity contribution in [2.45, 2.75) is 25.8 Å². The minimum absolute atomic E-state index is 0.346. The Hall–Kier alpha value is -0.870. The van der Waals surface area contributed by atoms with Gasteiger partial charge in [-0.1, -0.05) is 6.92 Å². The lowest BCUT2D eigenvalue weighted by Crippen LogP contribution is -2.45. The number of thiophene rings is 1. The summed E-state index contributed by atoms with van der Waals surface area (Å²) in [5.41, 5.74) is 5.89. The molecule has 0 saturated carbocycles. The molecule has 0 fully saturated rings. The van der Waals surface area contributed by atoms with Gasteiger partial charge in [0.2, 0.25) is 0 Å². The summed E-state index contributed by atoms with van der Waals surface area (Å²) in [5, 5.41) is 3.80. The molecule has 1 atom stereocenters. The van der Waals surface area contributed by atoms with Crippen LogP contribution in [-0.2, 0) is 15.1 Å². The van der Waals surface area contributed by atoms with Gasteiger partial charge < -0.3 is 10.5 Å². The van der Waals surface area contributed by atoms with Crippen molar-refractivity contribution in [1.82, 2.24) is 0 Å². The average Bonchev–Trinajstić information content (AvgIpc) is 2.70. The maximum Gasteiger partial charge on any atom is 0.330 e. The highest BCUT2D eigenvalue weighted by atomic mass is 32.1. The minimum Gasteiger partial charge on any atom is -0.464 e. The maximum atomic E-state index is 11.7. The van der Waals surface area contributed by atoms with Crippen molar-refractivity contribution in [2.75, 3.05) is 6.61 Å². The topological polar surface area (TPSA) is 52.3 Å². The van der Waals surface area contributed by atoms with Crippen LogP contribution in [0.1, 0.15) is 25.8 Å². The average molecular weight is 213 g/mol. The summed E-state index contributed by atoms with van der Waals surface area (Å²) in [6, 6.07) is 1.87. The van der Waals surface area contributed by atoms with Crippen molar-refractivity contribution in [1.29, 1.82) is 0 Å². The third kappa shape index (κ3) is 1.96. The number of carbonyl (C=O) groups is 1. The predicted molar refractivity (Wildman–Crippen MR) is 57.1 cm³/mol. The van der Waals surface area contributed by atoms with Gasteiger partial charge in [-0.15, -0.1) is 0 Å². The summed E-state index contributed by atoms with van der Waals surface area (Å²) >= 11 is 1.53. The van der Waals surface area contributed by atoms with Crippen molar-refractivity contribution in [3.05, 3.63) is 22.4 Å². The monoisotopic (exact) mass is 213 g/mol. The van der Waals surface area contributed by atoms with Gasteiger partial charge in [0.1, 0.15) is 5.54 Å². The summed E-state index contributed by atoms with van der Waals surface area (Å²) < 4.78 is 4.96. The standard InChI is InChI=1S/C10H15NO2S/c1-3-10(11,9(12)13-4-2)8-5-6-14-7-8/h5-7H,3-4,11H2,1-2H3. The van der Waals surface area contributed by atoms with Crippen LogP contribution in [0.2, 0.25) is 0 Å². The van der Waals surface area contributed by atoms with E-state index in [2.05, 4.69) is 0 Å². The molecule has 0 bridgehead atoms. The summed E-state index contributed by atoms with van der Waals surface area (Å²) in [6.45, 7) is 4.03. The van der Waals surface area contributed by atoms with E-state index in [-0.39, 0.29) is 5.97 Å². The van der Waals surface area contributed by atoms with E-state index in [1.165, 1.54) is 11.3 Å². The van der Waals surface area contributed by atoms with Crippen LogP contribution in [0.4, 0.5) is 0 Å². The van der Waals surface area contributed by atoms with Gasteiger partial charge in [-0.3, -0.25) is 0 Å². The summed E-state index contributed by atoms with van der Waals surface area (Å²) in [4.78, 5) is 11.7. The second kappa shape index (κ2) is 4.57. The van der Waals surface area contributed by atoms with Crippen LogP contribution in [0.25, 0.3) is 0 Å². The lowest BCUT2D eigenvalue weighted by atomic mass is 9.91. The van der Waals surface area contributed by atoms with Gasteiger partial charge in [0, 0.05) is 0 Å². The normalized spacial score (nSPS) is 14.8. The Kier molecular flexibility index (Phi) is 3.66. The van der Waals surface area contributed by atoms with E-state index >= 15 is 0 Å². The SMILES string of the molecule is CCOC(=O)C(N)(CC)c1ccsc1. The Balaban J connectivity index is 2.92. The number of hydrogen-bond donors (Lipinski definition) is 1. The highest BCUT2D eigenvalue weighted by Gasteiger charge is 2.35.